The lowest BCUT2D eigenvalue weighted by atomic mass is 10.1. The van der Waals surface area contributed by atoms with Crippen LogP contribution in [0.3, 0.4) is 0 Å². The highest BCUT2D eigenvalue weighted by atomic mass is 16.5. The molecule has 0 saturated heterocycles. The summed E-state index contributed by atoms with van der Waals surface area (Å²) in [6, 6.07) is 17.6. The van der Waals surface area contributed by atoms with Crippen molar-refractivity contribution in [2.45, 2.75) is 19.4 Å². The van der Waals surface area contributed by atoms with Crippen LogP contribution < -0.4 is 15.8 Å². The predicted molar refractivity (Wildman–Crippen MR) is 79.7 cm³/mol. The molecule has 0 spiro atoms. The number of para-hydroxylation sites is 1. The highest BCUT2D eigenvalue weighted by molar-refractivity contribution is 5.49. The minimum absolute atomic E-state index is 0.240. The predicted octanol–water partition coefficient (Wildman–Crippen LogP) is 3.63. The van der Waals surface area contributed by atoms with Gasteiger partial charge in [-0.3, -0.25) is 0 Å². The Kier molecular flexibility index (Phi) is 4.07. The molecule has 2 rings (SSSR count). The van der Waals surface area contributed by atoms with Crippen molar-refractivity contribution in [2.75, 3.05) is 11.9 Å². The lowest BCUT2D eigenvalue weighted by molar-refractivity contribution is 0.482. The molecule has 0 aliphatic carbocycles. The van der Waals surface area contributed by atoms with Gasteiger partial charge >= 0.3 is 0 Å². The van der Waals surface area contributed by atoms with Crippen molar-refractivity contribution >= 4 is 5.69 Å². The van der Waals surface area contributed by atoms with Gasteiger partial charge in [0, 0.05) is 23.8 Å². The molecule has 2 aromatic rings. The molecule has 0 heterocycles. The molecule has 0 saturated carbocycles. The van der Waals surface area contributed by atoms with Crippen molar-refractivity contribution in [2.24, 2.45) is 5.73 Å². The zero-order chi connectivity index (χ0) is 13.7. The second kappa shape index (κ2) is 5.76. The van der Waals surface area contributed by atoms with E-state index in [0.717, 1.165) is 17.2 Å². The van der Waals surface area contributed by atoms with E-state index in [1.807, 2.05) is 68.4 Å². The van der Waals surface area contributed by atoms with Gasteiger partial charge in [0.15, 0.2) is 0 Å². The molecule has 0 aliphatic rings. The smallest absolute Gasteiger partial charge is 0.129 e. The van der Waals surface area contributed by atoms with E-state index in [-0.39, 0.29) is 5.54 Å². The molecule has 0 bridgehead atoms. The molecule has 19 heavy (non-hydrogen) atoms. The Labute approximate surface area is 114 Å². The quantitative estimate of drug-likeness (QED) is 0.858. The van der Waals surface area contributed by atoms with Crippen LogP contribution in [0.1, 0.15) is 13.8 Å². The number of benzene rings is 2. The van der Waals surface area contributed by atoms with Crippen molar-refractivity contribution in [1.29, 1.82) is 0 Å². The van der Waals surface area contributed by atoms with E-state index in [4.69, 9.17) is 10.5 Å². The van der Waals surface area contributed by atoms with Crippen LogP contribution in [0.2, 0.25) is 0 Å². The average molecular weight is 256 g/mol. The molecule has 0 atom stereocenters. The van der Waals surface area contributed by atoms with Gasteiger partial charge in [0.25, 0.3) is 0 Å². The maximum absolute atomic E-state index is 5.95. The maximum atomic E-state index is 5.95. The summed E-state index contributed by atoms with van der Waals surface area (Å²) in [4.78, 5) is 0. The molecule has 100 valence electrons. The number of nitrogens with two attached hydrogens (primary N) is 1. The molecule has 2 aromatic carbocycles. The number of ether oxygens (including phenoxy) is 1. The van der Waals surface area contributed by atoms with Crippen molar-refractivity contribution in [1.82, 2.24) is 0 Å². The fourth-order valence-corrected chi connectivity index (χ4v) is 1.62. The first-order valence-corrected chi connectivity index (χ1v) is 6.39. The Balaban J connectivity index is 2.03. The summed E-state index contributed by atoms with van der Waals surface area (Å²) in [5.41, 5.74) is 6.72. The van der Waals surface area contributed by atoms with Crippen molar-refractivity contribution in [3.05, 3.63) is 54.6 Å². The van der Waals surface area contributed by atoms with Gasteiger partial charge < -0.3 is 15.8 Å². The molecular formula is C16H20N2O. The van der Waals surface area contributed by atoms with Crippen molar-refractivity contribution in [3.63, 3.8) is 0 Å². The highest BCUT2D eigenvalue weighted by Crippen LogP contribution is 2.23. The topological polar surface area (TPSA) is 47.3 Å². The Hall–Kier alpha value is -2.00. The molecule has 0 aromatic heterocycles. The van der Waals surface area contributed by atoms with E-state index in [2.05, 4.69) is 5.32 Å². The minimum atomic E-state index is -0.240. The van der Waals surface area contributed by atoms with E-state index in [1.54, 1.807) is 0 Å². The summed E-state index contributed by atoms with van der Waals surface area (Å²) in [6.07, 6.45) is 0. The van der Waals surface area contributed by atoms with Gasteiger partial charge in [-0.1, -0.05) is 24.3 Å². The van der Waals surface area contributed by atoms with Crippen LogP contribution in [-0.4, -0.2) is 12.1 Å². The van der Waals surface area contributed by atoms with E-state index in [9.17, 15) is 0 Å². The first-order valence-electron chi connectivity index (χ1n) is 6.39. The monoisotopic (exact) mass is 256 g/mol. The van der Waals surface area contributed by atoms with Gasteiger partial charge in [0.1, 0.15) is 11.5 Å². The third kappa shape index (κ3) is 4.64. The summed E-state index contributed by atoms with van der Waals surface area (Å²) in [6.45, 7) is 4.69. The number of rotatable bonds is 5. The molecule has 0 aliphatic heterocycles. The summed E-state index contributed by atoms with van der Waals surface area (Å²) in [5, 5.41) is 3.31. The lowest BCUT2D eigenvalue weighted by Gasteiger charge is -2.20. The molecule has 0 unspecified atom stereocenters. The van der Waals surface area contributed by atoms with E-state index in [0.29, 0.717) is 6.54 Å². The van der Waals surface area contributed by atoms with Crippen LogP contribution in [0, 0.1) is 0 Å². The van der Waals surface area contributed by atoms with Crippen molar-refractivity contribution < 1.29 is 4.74 Å². The number of hydrogen-bond acceptors (Lipinski definition) is 3. The van der Waals surface area contributed by atoms with E-state index < -0.39 is 0 Å². The van der Waals surface area contributed by atoms with Gasteiger partial charge in [0.05, 0.1) is 0 Å². The Morgan fingerprint density at radius 1 is 1.00 bits per heavy atom. The third-order valence-corrected chi connectivity index (χ3v) is 2.56. The van der Waals surface area contributed by atoms with Crippen molar-refractivity contribution in [3.8, 4) is 11.5 Å². The highest BCUT2D eigenvalue weighted by Gasteiger charge is 2.09. The first kappa shape index (κ1) is 13.4. The maximum Gasteiger partial charge on any atom is 0.129 e. The van der Waals surface area contributed by atoms with Gasteiger partial charge in [-0.15, -0.1) is 0 Å². The molecule has 0 radical (unpaired) electrons. The summed E-state index contributed by atoms with van der Waals surface area (Å²) in [5.74, 6) is 1.64. The first-order chi connectivity index (χ1) is 9.03. The van der Waals surface area contributed by atoms with Crippen LogP contribution in [0.15, 0.2) is 54.6 Å². The number of nitrogens with one attached hydrogen (secondary N) is 1. The normalized spacial score (nSPS) is 11.1. The van der Waals surface area contributed by atoms with E-state index >= 15 is 0 Å². The fourth-order valence-electron chi connectivity index (χ4n) is 1.62. The van der Waals surface area contributed by atoms with Gasteiger partial charge in [0.2, 0.25) is 0 Å². The van der Waals surface area contributed by atoms with E-state index in [1.165, 1.54) is 0 Å². The Morgan fingerprint density at radius 2 is 1.68 bits per heavy atom. The van der Waals surface area contributed by atoms with Crippen LogP contribution in [0.4, 0.5) is 5.69 Å². The van der Waals surface area contributed by atoms with Crippen LogP contribution in [0.5, 0.6) is 11.5 Å². The summed E-state index contributed by atoms with van der Waals surface area (Å²) >= 11 is 0. The molecule has 0 amide bonds. The number of hydrogen-bond donors (Lipinski definition) is 2. The SMILES string of the molecule is CC(C)(N)CNc1cccc(Oc2ccccc2)c1. The largest absolute Gasteiger partial charge is 0.457 e. The summed E-state index contributed by atoms with van der Waals surface area (Å²) in [7, 11) is 0. The number of anilines is 1. The zero-order valence-corrected chi connectivity index (χ0v) is 11.4. The second-order valence-electron chi connectivity index (χ2n) is 5.29. The van der Waals surface area contributed by atoms with Gasteiger partial charge in [-0.05, 0) is 38.1 Å². The average Bonchev–Trinajstić information content (AvgIpc) is 2.37. The van der Waals surface area contributed by atoms with Gasteiger partial charge in [-0.25, -0.2) is 0 Å². The van der Waals surface area contributed by atoms with Gasteiger partial charge in [-0.2, -0.15) is 0 Å². The Morgan fingerprint density at radius 3 is 2.37 bits per heavy atom. The van der Waals surface area contributed by atoms with Crippen LogP contribution in [-0.2, 0) is 0 Å². The van der Waals surface area contributed by atoms with Crippen LogP contribution >= 0.6 is 0 Å². The Bertz CT molecular complexity index is 518. The molecular weight excluding hydrogens is 236 g/mol. The minimum Gasteiger partial charge on any atom is -0.457 e. The second-order valence-corrected chi connectivity index (χ2v) is 5.29. The third-order valence-electron chi connectivity index (χ3n) is 2.56. The van der Waals surface area contributed by atoms with Crippen LogP contribution in [0.25, 0.3) is 0 Å². The molecule has 3 heteroatoms. The lowest BCUT2D eigenvalue weighted by Crippen LogP contribution is -2.39. The summed E-state index contributed by atoms with van der Waals surface area (Å²) < 4.78 is 5.78. The zero-order valence-electron chi connectivity index (χ0n) is 11.4. The molecule has 3 nitrogen and oxygen atoms in total. The fraction of sp³-hybridized carbons (Fsp3) is 0.250. The molecule has 0 fully saturated rings. The standard InChI is InChI=1S/C16H20N2O/c1-16(2,17)12-18-13-7-6-10-15(11-13)19-14-8-4-3-5-9-14/h3-11,18H,12,17H2,1-2H3. The molecule has 3 N–H and O–H groups in total.